The average molecular weight is 357 g/mol. The van der Waals surface area contributed by atoms with E-state index in [4.69, 9.17) is 4.74 Å². The number of hydrogen-bond acceptors (Lipinski definition) is 2. The number of rotatable bonds is 6. The lowest BCUT2D eigenvalue weighted by Gasteiger charge is -2.23. The Bertz CT molecular complexity index is 740. The van der Waals surface area contributed by atoms with E-state index in [0.717, 1.165) is 12.1 Å². The fourth-order valence-electron chi connectivity index (χ4n) is 3.38. The zero-order valence-electron chi connectivity index (χ0n) is 15.2. The topological polar surface area (TPSA) is 42.8 Å². The van der Waals surface area contributed by atoms with Crippen LogP contribution >= 0.6 is 0 Å². The SMILES string of the molecule is COc1ccc(C(=O)NCc2ccc(C[NH+]3CCCCC3)cc2)c(F)c1. The number of halogens is 1. The highest BCUT2D eigenvalue weighted by molar-refractivity contribution is 5.94. The first kappa shape index (κ1) is 18.4. The summed E-state index contributed by atoms with van der Waals surface area (Å²) in [6.45, 7) is 3.95. The number of methoxy groups -OCH3 is 1. The van der Waals surface area contributed by atoms with Gasteiger partial charge in [0.1, 0.15) is 18.1 Å². The van der Waals surface area contributed by atoms with E-state index in [2.05, 4.69) is 17.4 Å². The van der Waals surface area contributed by atoms with E-state index < -0.39 is 11.7 Å². The maximum atomic E-state index is 13.9. The van der Waals surface area contributed by atoms with Crippen LogP contribution in [0.2, 0.25) is 0 Å². The maximum absolute atomic E-state index is 13.9. The third-order valence-electron chi connectivity index (χ3n) is 4.91. The predicted octanol–water partition coefficient (Wildman–Crippen LogP) is 2.33. The quantitative estimate of drug-likeness (QED) is 0.833. The lowest BCUT2D eigenvalue weighted by Crippen LogP contribution is -3.11. The Morgan fingerprint density at radius 3 is 2.42 bits per heavy atom. The van der Waals surface area contributed by atoms with Crippen LogP contribution in [0.4, 0.5) is 4.39 Å². The molecule has 1 aliphatic heterocycles. The van der Waals surface area contributed by atoms with E-state index in [-0.39, 0.29) is 5.56 Å². The Morgan fingerprint density at radius 1 is 1.08 bits per heavy atom. The van der Waals surface area contributed by atoms with Gasteiger partial charge in [-0.3, -0.25) is 4.79 Å². The Morgan fingerprint density at radius 2 is 1.77 bits per heavy atom. The van der Waals surface area contributed by atoms with Crippen LogP contribution < -0.4 is 15.0 Å². The number of hydrogen-bond donors (Lipinski definition) is 2. The molecule has 1 heterocycles. The van der Waals surface area contributed by atoms with Gasteiger partial charge in [-0.1, -0.05) is 24.3 Å². The van der Waals surface area contributed by atoms with Crippen LogP contribution in [0.15, 0.2) is 42.5 Å². The smallest absolute Gasteiger partial charge is 0.254 e. The average Bonchev–Trinajstić information content (AvgIpc) is 2.68. The van der Waals surface area contributed by atoms with Gasteiger partial charge in [-0.15, -0.1) is 0 Å². The number of carbonyl (C=O) groups is 1. The summed E-state index contributed by atoms with van der Waals surface area (Å²) in [5.74, 6) is -0.612. The zero-order chi connectivity index (χ0) is 18.4. The van der Waals surface area contributed by atoms with Gasteiger partial charge in [0.05, 0.1) is 25.8 Å². The Hall–Kier alpha value is -2.40. The molecule has 5 heteroatoms. The molecule has 2 aromatic carbocycles. The van der Waals surface area contributed by atoms with Gasteiger partial charge >= 0.3 is 0 Å². The first-order valence-corrected chi connectivity index (χ1v) is 9.19. The van der Waals surface area contributed by atoms with Crippen molar-refractivity contribution in [1.29, 1.82) is 0 Å². The summed E-state index contributed by atoms with van der Waals surface area (Å²) in [6.07, 6.45) is 4.00. The Balaban J connectivity index is 1.53. The first-order chi connectivity index (χ1) is 12.7. The minimum atomic E-state index is -0.582. The maximum Gasteiger partial charge on any atom is 0.254 e. The number of carbonyl (C=O) groups excluding carboxylic acids is 1. The third kappa shape index (κ3) is 4.82. The minimum Gasteiger partial charge on any atom is -0.497 e. The third-order valence-corrected chi connectivity index (χ3v) is 4.91. The highest BCUT2D eigenvalue weighted by Crippen LogP contribution is 2.16. The number of quaternary nitrogens is 1. The van der Waals surface area contributed by atoms with E-state index in [1.807, 2.05) is 12.1 Å². The van der Waals surface area contributed by atoms with Crippen LogP contribution in [0.5, 0.6) is 5.75 Å². The highest BCUT2D eigenvalue weighted by Gasteiger charge is 2.14. The van der Waals surface area contributed by atoms with Crippen LogP contribution in [0, 0.1) is 5.82 Å². The van der Waals surface area contributed by atoms with Crippen LogP contribution in [0.3, 0.4) is 0 Å². The van der Waals surface area contributed by atoms with Crippen molar-refractivity contribution in [3.8, 4) is 5.75 Å². The molecule has 1 aliphatic rings. The molecule has 2 aromatic rings. The van der Waals surface area contributed by atoms with E-state index in [1.165, 1.54) is 57.2 Å². The van der Waals surface area contributed by atoms with E-state index in [9.17, 15) is 9.18 Å². The van der Waals surface area contributed by atoms with Gasteiger partial charge in [0.2, 0.25) is 0 Å². The van der Waals surface area contributed by atoms with E-state index >= 15 is 0 Å². The summed E-state index contributed by atoms with van der Waals surface area (Å²) in [4.78, 5) is 13.8. The molecule has 0 unspecified atom stereocenters. The van der Waals surface area contributed by atoms with Crippen LogP contribution in [-0.2, 0) is 13.1 Å². The number of nitrogens with one attached hydrogen (secondary N) is 2. The summed E-state index contributed by atoms with van der Waals surface area (Å²) in [5.41, 5.74) is 2.35. The van der Waals surface area contributed by atoms with Crippen molar-refractivity contribution in [3.63, 3.8) is 0 Å². The molecule has 1 amide bonds. The molecular formula is C21H26FN2O2+. The minimum absolute atomic E-state index is 0.0242. The Kier molecular flexibility index (Phi) is 6.23. The molecule has 0 radical (unpaired) electrons. The molecule has 0 aliphatic carbocycles. The van der Waals surface area contributed by atoms with Gasteiger partial charge in [-0.2, -0.15) is 0 Å². The summed E-state index contributed by atoms with van der Waals surface area (Å²) in [6, 6.07) is 12.5. The van der Waals surface area contributed by atoms with Gasteiger partial charge in [-0.25, -0.2) is 4.39 Å². The Labute approximate surface area is 154 Å². The molecule has 138 valence electrons. The van der Waals surface area contributed by atoms with Crippen molar-refractivity contribution >= 4 is 5.91 Å². The van der Waals surface area contributed by atoms with Crippen molar-refractivity contribution in [3.05, 3.63) is 65.0 Å². The lowest BCUT2D eigenvalue weighted by atomic mass is 10.1. The molecule has 26 heavy (non-hydrogen) atoms. The molecule has 2 N–H and O–H groups in total. The number of benzene rings is 2. The van der Waals surface area contributed by atoms with Crippen LogP contribution in [-0.4, -0.2) is 26.1 Å². The predicted molar refractivity (Wildman–Crippen MR) is 98.8 cm³/mol. The molecule has 1 saturated heterocycles. The van der Waals surface area contributed by atoms with Gasteiger partial charge < -0.3 is 15.0 Å². The second-order valence-corrected chi connectivity index (χ2v) is 6.83. The molecule has 0 saturated carbocycles. The highest BCUT2D eigenvalue weighted by atomic mass is 19.1. The van der Waals surface area contributed by atoms with Gasteiger partial charge in [0, 0.05) is 18.2 Å². The molecule has 4 nitrogen and oxygen atoms in total. The van der Waals surface area contributed by atoms with E-state index in [0.29, 0.717) is 12.3 Å². The summed E-state index contributed by atoms with van der Waals surface area (Å²) in [7, 11) is 1.46. The second kappa shape index (κ2) is 8.81. The lowest BCUT2D eigenvalue weighted by molar-refractivity contribution is -0.918. The summed E-state index contributed by atoms with van der Waals surface area (Å²) >= 11 is 0. The van der Waals surface area contributed by atoms with E-state index in [1.54, 1.807) is 11.0 Å². The zero-order valence-corrected chi connectivity index (χ0v) is 15.2. The fraction of sp³-hybridized carbons (Fsp3) is 0.381. The molecule has 1 fully saturated rings. The normalized spacial score (nSPS) is 14.8. The largest absolute Gasteiger partial charge is 0.497 e. The number of likely N-dealkylation sites (tertiary alicyclic amines) is 1. The number of piperidine rings is 1. The monoisotopic (exact) mass is 357 g/mol. The second-order valence-electron chi connectivity index (χ2n) is 6.83. The van der Waals surface area contributed by atoms with Crippen molar-refractivity contribution in [2.45, 2.75) is 32.4 Å². The van der Waals surface area contributed by atoms with Crippen molar-refractivity contribution in [2.75, 3.05) is 20.2 Å². The molecule has 0 atom stereocenters. The van der Waals surface area contributed by atoms with Crippen molar-refractivity contribution < 1.29 is 18.8 Å². The van der Waals surface area contributed by atoms with Gasteiger partial charge in [0.15, 0.2) is 0 Å². The molecule has 0 bridgehead atoms. The van der Waals surface area contributed by atoms with Crippen molar-refractivity contribution in [2.24, 2.45) is 0 Å². The van der Waals surface area contributed by atoms with Crippen LogP contribution in [0.25, 0.3) is 0 Å². The molecular weight excluding hydrogens is 331 g/mol. The van der Waals surface area contributed by atoms with Gasteiger partial charge in [-0.05, 0) is 37.0 Å². The fourth-order valence-corrected chi connectivity index (χ4v) is 3.38. The molecule has 0 spiro atoms. The first-order valence-electron chi connectivity index (χ1n) is 9.19. The van der Waals surface area contributed by atoms with Crippen LogP contribution in [0.1, 0.15) is 40.7 Å². The number of amides is 1. The van der Waals surface area contributed by atoms with Gasteiger partial charge in [0.25, 0.3) is 5.91 Å². The van der Waals surface area contributed by atoms with Crippen molar-refractivity contribution in [1.82, 2.24) is 5.32 Å². The summed E-state index contributed by atoms with van der Waals surface area (Å²) < 4.78 is 18.9. The standard InChI is InChI=1S/C21H25FN2O2/c1-26-18-9-10-19(20(22)13-18)21(25)23-14-16-5-7-17(8-6-16)15-24-11-3-2-4-12-24/h5-10,13H,2-4,11-12,14-15H2,1H3,(H,23,25)/p+1. The molecule has 3 rings (SSSR count). The number of ether oxygens (including phenoxy) is 1. The summed E-state index contributed by atoms with van der Waals surface area (Å²) in [5, 5.41) is 2.77. The molecule has 0 aromatic heterocycles.